The maximum Gasteiger partial charge on any atom is 0.151 e. The third-order valence-corrected chi connectivity index (χ3v) is 3.44. The van der Waals surface area contributed by atoms with E-state index in [0.29, 0.717) is 19.0 Å². The number of carbonyl (C=O) groups is 1. The van der Waals surface area contributed by atoms with Gasteiger partial charge in [0.2, 0.25) is 0 Å². The average molecular weight is 250 g/mol. The van der Waals surface area contributed by atoms with E-state index in [1.165, 1.54) is 0 Å². The predicted octanol–water partition coefficient (Wildman–Crippen LogP) is 0.438. The number of aromatic nitrogens is 2. The molecule has 0 spiro atoms. The number of Topliss-reactive ketones (excluding diaryl/α,β-unsaturated/α-hetero) is 1. The Kier molecular flexibility index (Phi) is 4.49. The van der Waals surface area contributed by atoms with Gasteiger partial charge in [-0.1, -0.05) is 0 Å². The Hall–Kier alpha value is -1.20. The smallest absolute Gasteiger partial charge is 0.151 e. The first-order chi connectivity index (χ1) is 8.67. The Morgan fingerprint density at radius 1 is 1.50 bits per heavy atom. The Morgan fingerprint density at radius 3 is 2.83 bits per heavy atom. The fraction of sp³-hybridized carbons (Fsp3) is 0.692. The molecule has 100 valence electrons. The van der Waals surface area contributed by atoms with Gasteiger partial charge in [0.05, 0.1) is 12.7 Å². The largest absolute Gasteiger partial charge is 0.328 e. The van der Waals surface area contributed by atoms with Crippen molar-refractivity contribution in [2.45, 2.75) is 38.8 Å². The molecule has 1 fully saturated rings. The fourth-order valence-corrected chi connectivity index (χ4v) is 2.31. The molecular weight excluding hydrogens is 228 g/mol. The van der Waals surface area contributed by atoms with Crippen LogP contribution in [0, 0.1) is 0 Å². The zero-order valence-corrected chi connectivity index (χ0v) is 11.0. The van der Waals surface area contributed by atoms with Crippen LogP contribution < -0.4 is 5.73 Å². The lowest BCUT2D eigenvalue weighted by Crippen LogP contribution is -2.42. The van der Waals surface area contributed by atoms with Crippen molar-refractivity contribution in [1.29, 1.82) is 0 Å². The topological polar surface area (TPSA) is 64.2 Å². The van der Waals surface area contributed by atoms with Crippen LogP contribution in [0.15, 0.2) is 12.4 Å². The van der Waals surface area contributed by atoms with Gasteiger partial charge in [-0.3, -0.25) is 14.4 Å². The molecule has 0 saturated carbocycles. The highest BCUT2D eigenvalue weighted by molar-refractivity contribution is 5.82. The van der Waals surface area contributed by atoms with Crippen LogP contribution in [0.4, 0.5) is 0 Å². The molecule has 1 aliphatic rings. The van der Waals surface area contributed by atoms with Gasteiger partial charge >= 0.3 is 0 Å². The second-order valence-corrected chi connectivity index (χ2v) is 5.03. The number of likely N-dealkylation sites (tertiary alicyclic amines) is 1. The molecule has 0 bridgehead atoms. The molecule has 0 aliphatic carbocycles. The summed E-state index contributed by atoms with van der Waals surface area (Å²) in [6.07, 6.45) is 6.22. The maximum absolute atomic E-state index is 11.9. The molecule has 1 saturated heterocycles. The van der Waals surface area contributed by atoms with Crippen molar-refractivity contribution >= 4 is 5.78 Å². The first-order valence-electron chi connectivity index (χ1n) is 6.68. The summed E-state index contributed by atoms with van der Waals surface area (Å²) >= 11 is 0. The first-order valence-corrected chi connectivity index (χ1v) is 6.68. The summed E-state index contributed by atoms with van der Waals surface area (Å²) in [6, 6.07) is 0.319. The summed E-state index contributed by atoms with van der Waals surface area (Å²) in [7, 11) is 0. The van der Waals surface area contributed by atoms with E-state index in [2.05, 4.69) is 10.00 Å². The van der Waals surface area contributed by atoms with Crippen molar-refractivity contribution < 1.29 is 4.79 Å². The molecule has 0 aromatic carbocycles. The number of ketones is 1. The monoisotopic (exact) mass is 250 g/mol. The van der Waals surface area contributed by atoms with Gasteiger partial charge in [0.15, 0.2) is 5.78 Å². The summed E-state index contributed by atoms with van der Waals surface area (Å²) in [5.74, 6) is 0.265. The molecule has 2 rings (SSSR count). The number of hydrogen-bond donors (Lipinski definition) is 1. The number of hydrogen-bond acceptors (Lipinski definition) is 4. The molecule has 1 aromatic heterocycles. The van der Waals surface area contributed by atoms with E-state index in [1.807, 2.05) is 17.8 Å². The first kappa shape index (κ1) is 13.2. The number of piperidine rings is 1. The minimum Gasteiger partial charge on any atom is -0.328 e. The van der Waals surface area contributed by atoms with Gasteiger partial charge in [-0.25, -0.2) is 0 Å². The Morgan fingerprint density at radius 2 is 2.22 bits per heavy atom. The van der Waals surface area contributed by atoms with Gasteiger partial charge < -0.3 is 5.73 Å². The molecule has 1 aromatic rings. The Bertz CT molecular complexity index is 393. The summed E-state index contributed by atoms with van der Waals surface area (Å²) in [4.78, 5) is 14.2. The van der Waals surface area contributed by atoms with Crippen molar-refractivity contribution in [2.24, 2.45) is 5.73 Å². The van der Waals surface area contributed by atoms with Gasteiger partial charge in [0.1, 0.15) is 0 Å². The lowest BCUT2D eigenvalue weighted by molar-refractivity contribution is -0.119. The molecule has 0 atom stereocenters. The van der Waals surface area contributed by atoms with Crippen LogP contribution in [-0.2, 0) is 17.8 Å². The SMILES string of the molecule is CCn1cc(CC(=O)CN2CCC(N)CC2)cn1. The van der Waals surface area contributed by atoms with Crippen LogP contribution in [0.3, 0.4) is 0 Å². The zero-order valence-electron chi connectivity index (χ0n) is 11.0. The van der Waals surface area contributed by atoms with Crippen molar-refractivity contribution in [3.63, 3.8) is 0 Å². The molecule has 0 amide bonds. The molecule has 0 unspecified atom stereocenters. The second kappa shape index (κ2) is 6.11. The third kappa shape index (κ3) is 3.65. The lowest BCUT2D eigenvalue weighted by atomic mass is 10.1. The van der Waals surface area contributed by atoms with Gasteiger partial charge in [0.25, 0.3) is 0 Å². The van der Waals surface area contributed by atoms with E-state index in [-0.39, 0.29) is 5.78 Å². The summed E-state index contributed by atoms with van der Waals surface area (Å²) in [5, 5.41) is 4.18. The van der Waals surface area contributed by atoms with E-state index in [4.69, 9.17) is 5.73 Å². The van der Waals surface area contributed by atoms with Crippen molar-refractivity contribution in [2.75, 3.05) is 19.6 Å². The van der Waals surface area contributed by atoms with Gasteiger partial charge in [-0.05, 0) is 25.3 Å². The third-order valence-electron chi connectivity index (χ3n) is 3.44. The average Bonchev–Trinajstić information content (AvgIpc) is 2.79. The molecule has 2 N–H and O–H groups in total. The summed E-state index contributed by atoms with van der Waals surface area (Å²) in [5.41, 5.74) is 6.86. The molecule has 2 heterocycles. The molecule has 5 nitrogen and oxygen atoms in total. The van der Waals surface area contributed by atoms with Crippen LogP contribution in [0.2, 0.25) is 0 Å². The highest BCUT2D eigenvalue weighted by Crippen LogP contribution is 2.08. The minimum atomic E-state index is 0.265. The van der Waals surface area contributed by atoms with Crippen LogP contribution >= 0.6 is 0 Å². The molecule has 1 aliphatic heterocycles. The Labute approximate surface area is 108 Å². The number of nitrogens with zero attached hydrogens (tertiary/aromatic N) is 3. The van der Waals surface area contributed by atoms with Crippen molar-refractivity contribution in [3.05, 3.63) is 18.0 Å². The van der Waals surface area contributed by atoms with E-state index >= 15 is 0 Å². The van der Waals surface area contributed by atoms with Crippen LogP contribution in [0.5, 0.6) is 0 Å². The van der Waals surface area contributed by atoms with E-state index < -0.39 is 0 Å². The van der Waals surface area contributed by atoms with Crippen LogP contribution in [0.25, 0.3) is 0 Å². The number of carbonyl (C=O) groups excluding carboxylic acids is 1. The highest BCUT2D eigenvalue weighted by atomic mass is 16.1. The van der Waals surface area contributed by atoms with Gasteiger partial charge in [-0.15, -0.1) is 0 Å². The van der Waals surface area contributed by atoms with Crippen molar-refractivity contribution in [3.8, 4) is 0 Å². The maximum atomic E-state index is 11.9. The van der Waals surface area contributed by atoms with E-state index in [1.54, 1.807) is 6.20 Å². The van der Waals surface area contributed by atoms with Gasteiger partial charge in [-0.2, -0.15) is 5.10 Å². The molecular formula is C13H22N4O. The summed E-state index contributed by atoms with van der Waals surface area (Å²) < 4.78 is 1.85. The molecule has 0 radical (unpaired) electrons. The van der Waals surface area contributed by atoms with E-state index in [9.17, 15) is 4.79 Å². The van der Waals surface area contributed by atoms with Crippen LogP contribution in [0.1, 0.15) is 25.3 Å². The number of aryl methyl sites for hydroxylation is 1. The summed E-state index contributed by atoms with van der Waals surface area (Å²) in [6.45, 7) is 5.32. The van der Waals surface area contributed by atoms with Gasteiger partial charge in [0, 0.05) is 38.3 Å². The van der Waals surface area contributed by atoms with Crippen molar-refractivity contribution in [1.82, 2.24) is 14.7 Å². The van der Waals surface area contributed by atoms with Crippen LogP contribution in [-0.4, -0.2) is 46.1 Å². The fourth-order valence-electron chi connectivity index (χ4n) is 2.31. The minimum absolute atomic E-state index is 0.265. The van der Waals surface area contributed by atoms with E-state index in [0.717, 1.165) is 38.0 Å². The zero-order chi connectivity index (χ0) is 13.0. The lowest BCUT2D eigenvalue weighted by Gasteiger charge is -2.29. The Balaban J connectivity index is 1.78. The molecule has 5 heteroatoms. The molecule has 18 heavy (non-hydrogen) atoms. The quantitative estimate of drug-likeness (QED) is 0.823. The second-order valence-electron chi connectivity index (χ2n) is 5.03. The normalized spacial score (nSPS) is 18.1. The standard InChI is InChI=1S/C13H22N4O/c1-2-17-9-11(8-15-17)7-13(18)10-16-5-3-12(14)4-6-16/h8-9,12H,2-7,10,14H2,1H3. The number of nitrogens with two attached hydrogens (primary N) is 1. The highest BCUT2D eigenvalue weighted by Gasteiger charge is 2.18. The predicted molar refractivity (Wildman–Crippen MR) is 70.3 cm³/mol. The number of rotatable bonds is 5.